The lowest BCUT2D eigenvalue weighted by Crippen LogP contribution is -2.43. The van der Waals surface area contributed by atoms with Gasteiger partial charge in [0.05, 0.1) is 0 Å². The van der Waals surface area contributed by atoms with Crippen LogP contribution in [-0.4, -0.2) is 17.7 Å². The molecule has 2 nitrogen and oxygen atoms in total. The first-order chi connectivity index (χ1) is 6.59. The van der Waals surface area contributed by atoms with E-state index in [1.165, 1.54) is 19.3 Å². The van der Waals surface area contributed by atoms with Crippen LogP contribution in [0.2, 0.25) is 0 Å². The molecule has 1 saturated carbocycles. The number of nitrogens with one attached hydrogen (secondary N) is 2. The Hall–Kier alpha value is -0.310. The van der Waals surface area contributed by atoms with Crippen molar-refractivity contribution in [2.75, 3.05) is 6.54 Å². The maximum absolute atomic E-state index is 5.24. The molecule has 0 aromatic rings. The average Bonchev–Trinajstić information content (AvgIpc) is 2.49. The van der Waals surface area contributed by atoms with Gasteiger partial charge in [-0.2, -0.15) is 0 Å². The highest BCUT2D eigenvalue weighted by Crippen LogP contribution is 2.24. The number of rotatable bonds is 3. The van der Waals surface area contributed by atoms with Crippen molar-refractivity contribution in [3.63, 3.8) is 0 Å². The molecule has 2 atom stereocenters. The summed E-state index contributed by atoms with van der Waals surface area (Å²) in [4.78, 5) is 0. The van der Waals surface area contributed by atoms with E-state index in [4.69, 9.17) is 12.2 Å². The van der Waals surface area contributed by atoms with Gasteiger partial charge >= 0.3 is 0 Å². The molecule has 0 aromatic heterocycles. The minimum Gasteiger partial charge on any atom is -0.362 e. The smallest absolute Gasteiger partial charge is 0.166 e. The Bertz CT molecular complexity index is 192. The predicted octanol–water partition coefficient (Wildman–Crippen LogP) is 2.30. The summed E-state index contributed by atoms with van der Waals surface area (Å²) >= 11 is 5.24. The average molecular weight is 214 g/mol. The molecule has 1 fully saturated rings. The third kappa shape index (κ3) is 3.82. The third-order valence-electron chi connectivity index (χ3n) is 2.85. The van der Waals surface area contributed by atoms with Crippen molar-refractivity contribution in [3.05, 3.63) is 0 Å². The Morgan fingerprint density at radius 1 is 1.43 bits per heavy atom. The number of hydrogen-bond acceptors (Lipinski definition) is 1. The predicted molar refractivity (Wildman–Crippen MR) is 65.4 cm³/mol. The third-order valence-corrected chi connectivity index (χ3v) is 3.11. The van der Waals surface area contributed by atoms with Crippen LogP contribution in [0, 0.1) is 11.8 Å². The van der Waals surface area contributed by atoms with Crippen molar-refractivity contribution in [3.8, 4) is 0 Å². The highest BCUT2D eigenvalue weighted by molar-refractivity contribution is 7.80. The first-order valence-corrected chi connectivity index (χ1v) is 6.04. The summed E-state index contributed by atoms with van der Waals surface area (Å²) in [7, 11) is 0. The molecule has 0 aromatic carbocycles. The molecule has 14 heavy (non-hydrogen) atoms. The van der Waals surface area contributed by atoms with E-state index in [2.05, 4.69) is 31.4 Å². The van der Waals surface area contributed by atoms with E-state index in [0.29, 0.717) is 12.0 Å². The van der Waals surface area contributed by atoms with Crippen LogP contribution in [0.4, 0.5) is 0 Å². The zero-order chi connectivity index (χ0) is 10.6. The van der Waals surface area contributed by atoms with E-state index in [1.807, 2.05) is 0 Å². The Balaban J connectivity index is 2.19. The maximum atomic E-state index is 5.24. The minimum atomic E-state index is 0.599. The Labute approximate surface area is 92.8 Å². The Morgan fingerprint density at radius 3 is 2.64 bits per heavy atom. The molecule has 0 saturated heterocycles. The first-order valence-electron chi connectivity index (χ1n) is 5.64. The van der Waals surface area contributed by atoms with Gasteiger partial charge in [0.25, 0.3) is 0 Å². The van der Waals surface area contributed by atoms with Crippen LogP contribution in [-0.2, 0) is 0 Å². The molecule has 0 heterocycles. The van der Waals surface area contributed by atoms with E-state index >= 15 is 0 Å². The topological polar surface area (TPSA) is 24.1 Å². The molecule has 2 N–H and O–H groups in total. The zero-order valence-electron chi connectivity index (χ0n) is 9.47. The second-order valence-corrected chi connectivity index (χ2v) is 5.17. The van der Waals surface area contributed by atoms with Gasteiger partial charge in [-0.05, 0) is 36.9 Å². The van der Waals surface area contributed by atoms with Crippen LogP contribution in [0.1, 0.15) is 40.0 Å². The van der Waals surface area contributed by atoms with Crippen LogP contribution < -0.4 is 10.6 Å². The van der Waals surface area contributed by atoms with E-state index in [-0.39, 0.29) is 0 Å². The summed E-state index contributed by atoms with van der Waals surface area (Å²) in [6.07, 6.45) is 3.95. The van der Waals surface area contributed by atoms with Gasteiger partial charge < -0.3 is 10.6 Å². The summed E-state index contributed by atoms with van der Waals surface area (Å²) in [5.74, 6) is 1.42. The first kappa shape index (κ1) is 11.8. The lowest BCUT2D eigenvalue weighted by Gasteiger charge is -2.20. The molecule has 0 spiro atoms. The van der Waals surface area contributed by atoms with Crippen LogP contribution >= 0.6 is 12.2 Å². The summed E-state index contributed by atoms with van der Waals surface area (Å²) < 4.78 is 0. The summed E-state index contributed by atoms with van der Waals surface area (Å²) in [6, 6.07) is 0.599. The van der Waals surface area contributed by atoms with E-state index in [1.54, 1.807) is 0 Å². The van der Waals surface area contributed by atoms with Crippen LogP contribution in [0.5, 0.6) is 0 Å². The van der Waals surface area contributed by atoms with Crippen molar-refractivity contribution in [2.45, 2.75) is 46.1 Å². The van der Waals surface area contributed by atoms with Gasteiger partial charge in [-0.3, -0.25) is 0 Å². The van der Waals surface area contributed by atoms with Crippen molar-refractivity contribution in [1.29, 1.82) is 0 Å². The molecule has 0 bridgehead atoms. The van der Waals surface area contributed by atoms with Crippen LogP contribution in [0.15, 0.2) is 0 Å². The van der Waals surface area contributed by atoms with Gasteiger partial charge in [-0.25, -0.2) is 0 Å². The molecular weight excluding hydrogens is 192 g/mol. The number of thiocarbonyl (C=S) groups is 1. The van der Waals surface area contributed by atoms with E-state index in [0.717, 1.165) is 17.6 Å². The highest BCUT2D eigenvalue weighted by Gasteiger charge is 2.23. The monoisotopic (exact) mass is 214 g/mol. The fourth-order valence-electron chi connectivity index (χ4n) is 1.88. The number of hydrogen-bond donors (Lipinski definition) is 2. The SMILES string of the molecule is CC(C)CNC(=S)NC1CCCC1C. The fourth-order valence-corrected chi connectivity index (χ4v) is 2.11. The molecule has 0 amide bonds. The zero-order valence-corrected chi connectivity index (χ0v) is 10.3. The molecule has 1 rings (SSSR count). The lowest BCUT2D eigenvalue weighted by atomic mass is 10.1. The second-order valence-electron chi connectivity index (χ2n) is 4.76. The van der Waals surface area contributed by atoms with Crippen molar-refractivity contribution in [1.82, 2.24) is 10.6 Å². The molecule has 2 unspecified atom stereocenters. The van der Waals surface area contributed by atoms with Crippen molar-refractivity contribution >= 4 is 17.3 Å². The van der Waals surface area contributed by atoms with E-state index < -0.39 is 0 Å². The fraction of sp³-hybridized carbons (Fsp3) is 0.909. The standard InChI is InChI=1S/C11H22N2S/c1-8(2)7-12-11(14)13-10-6-4-5-9(10)3/h8-10H,4-7H2,1-3H3,(H2,12,13,14). The Morgan fingerprint density at radius 2 is 2.14 bits per heavy atom. The summed E-state index contributed by atoms with van der Waals surface area (Å²) in [6.45, 7) is 7.64. The van der Waals surface area contributed by atoms with Crippen LogP contribution in [0.25, 0.3) is 0 Å². The van der Waals surface area contributed by atoms with Gasteiger partial charge in [0.2, 0.25) is 0 Å². The molecule has 0 radical (unpaired) electrons. The highest BCUT2D eigenvalue weighted by atomic mass is 32.1. The van der Waals surface area contributed by atoms with E-state index in [9.17, 15) is 0 Å². The van der Waals surface area contributed by atoms with Gasteiger partial charge in [0.1, 0.15) is 0 Å². The van der Waals surface area contributed by atoms with Crippen molar-refractivity contribution < 1.29 is 0 Å². The van der Waals surface area contributed by atoms with Gasteiger partial charge in [-0.15, -0.1) is 0 Å². The largest absolute Gasteiger partial charge is 0.362 e. The minimum absolute atomic E-state index is 0.599. The summed E-state index contributed by atoms with van der Waals surface area (Å²) in [5, 5.41) is 7.49. The molecule has 1 aliphatic rings. The normalized spacial score (nSPS) is 26.6. The summed E-state index contributed by atoms with van der Waals surface area (Å²) in [5.41, 5.74) is 0. The van der Waals surface area contributed by atoms with Gasteiger partial charge in [0.15, 0.2) is 5.11 Å². The van der Waals surface area contributed by atoms with Crippen molar-refractivity contribution in [2.24, 2.45) is 11.8 Å². The molecule has 82 valence electrons. The molecule has 1 aliphatic carbocycles. The maximum Gasteiger partial charge on any atom is 0.166 e. The molecule has 0 aliphatic heterocycles. The second kappa shape index (κ2) is 5.54. The van der Waals surface area contributed by atoms with Gasteiger partial charge in [-0.1, -0.05) is 27.2 Å². The van der Waals surface area contributed by atoms with Crippen LogP contribution in [0.3, 0.4) is 0 Å². The van der Waals surface area contributed by atoms with Gasteiger partial charge in [0, 0.05) is 12.6 Å². The molecule has 3 heteroatoms. The molecular formula is C11H22N2S. The Kier molecular flexibility index (Phi) is 4.66. The lowest BCUT2D eigenvalue weighted by molar-refractivity contribution is 0.481. The quantitative estimate of drug-likeness (QED) is 0.705.